The summed E-state index contributed by atoms with van der Waals surface area (Å²) in [5.41, 5.74) is 0.713. The van der Waals surface area contributed by atoms with E-state index in [1.165, 1.54) is 36.4 Å². The Balaban J connectivity index is 2.14. The van der Waals surface area contributed by atoms with Gasteiger partial charge in [0.1, 0.15) is 5.71 Å². The molecule has 21 heavy (non-hydrogen) atoms. The summed E-state index contributed by atoms with van der Waals surface area (Å²) >= 11 is 0. The van der Waals surface area contributed by atoms with Gasteiger partial charge in [-0.2, -0.15) is 0 Å². The maximum atomic E-state index is 11.8. The molecule has 0 aliphatic heterocycles. The lowest BCUT2D eigenvalue weighted by atomic mass is 10.1. The summed E-state index contributed by atoms with van der Waals surface area (Å²) in [4.78, 5) is 37.6. The highest BCUT2D eigenvalue weighted by Crippen LogP contribution is 2.14. The first kappa shape index (κ1) is 14.3. The van der Waals surface area contributed by atoms with E-state index in [1.807, 2.05) is 0 Å². The Labute approximate surface area is 119 Å². The first-order valence-corrected chi connectivity index (χ1v) is 5.92. The van der Waals surface area contributed by atoms with Crippen LogP contribution in [0.15, 0.2) is 53.2 Å². The lowest BCUT2D eigenvalue weighted by Crippen LogP contribution is -2.08. The number of nitro benzene ring substituents is 1. The summed E-state index contributed by atoms with van der Waals surface area (Å²) in [6.45, 7) is 1.65. The Morgan fingerprint density at radius 2 is 2.10 bits per heavy atom. The average molecular weight is 286 g/mol. The number of ketones is 1. The summed E-state index contributed by atoms with van der Waals surface area (Å²) < 4.78 is 0. The van der Waals surface area contributed by atoms with Gasteiger partial charge in [0.05, 0.1) is 10.5 Å². The molecule has 1 aliphatic carbocycles. The van der Waals surface area contributed by atoms with Crippen LogP contribution in [0.4, 0.5) is 5.69 Å². The summed E-state index contributed by atoms with van der Waals surface area (Å²) in [5, 5.41) is 14.3. The van der Waals surface area contributed by atoms with Gasteiger partial charge in [-0.25, -0.2) is 4.79 Å². The molecule has 1 aliphatic rings. The monoisotopic (exact) mass is 286 g/mol. The van der Waals surface area contributed by atoms with E-state index in [4.69, 9.17) is 4.84 Å². The number of allylic oxidation sites excluding steroid dienone is 4. The van der Waals surface area contributed by atoms with Gasteiger partial charge < -0.3 is 4.84 Å². The molecule has 0 saturated carbocycles. The average Bonchev–Trinajstić information content (AvgIpc) is 2.46. The molecule has 106 valence electrons. The molecule has 7 heteroatoms. The van der Waals surface area contributed by atoms with Crippen LogP contribution in [0.1, 0.15) is 17.3 Å². The summed E-state index contributed by atoms with van der Waals surface area (Å²) in [7, 11) is 0. The highest BCUT2D eigenvalue weighted by atomic mass is 16.7. The number of nitro groups is 1. The minimum atomic E-state index is -0.815. The third-order valence-corrected chi connectivity index (χ3v) is 2.69. The molecule has 0 heterocycles. The number of oxime groups is 1. The summed E-state index contributed by atoms with van der Waals surface area (Å²) in [6.07, 6.45) is 4.09. The molecule has 0 N–H and O–H groups in total. The van der Waals surface area contributed by atoms with Crippen molar-refractivity contribution in [2.75, 3.05) is 0 Å². The topological polar surface area (TPSA) is 98.9 Å². The largest absolute Gasteiger partial charge is 0.366 e. The number of non-ortho nitro benzene ring substituents is 1. The number of hydrogen-bond donors (Lipinski definition) is 0. The highest BCUT2D eigenvalue weighted by Gasteiger charge is 2.14. The van der Waals surface area contributed by atoms with Gasteiger partial charge in [0.15, 0.2) is 5.78 Å². The van der Waals surface area contributed by atoms with Crippen LogP contribution >= 0.6 is 0 Å². The molecule has 0 spiro atoms. The van der Waals surface area contributed by atoms with Crippen molar-refractivity contribution in [2.45, 2.75) is 6.92 Å². The van der Waals surface area contributed by atoms with Crippen LogP contribution in [0.5, 0.6) is 0 Å². The predicted octanol–water partition coefficient (Wildman–Crippen LogP) is 2.19. The van der Waals surface area contributed by atoms with Crippen molar-refractivity contribution in [2.24, 2.45) is 5.16 Å². The van der Waals surface area contributed by atoms with Gasteiger partial charge in [-0.05, 0) is 36.8 Å². The van der Waals surface area contributed by atoms with E-state index in [2.05, 4.69) is 5.16 Å². The van der Waals surface area contributed by atoms with Gasteiger partial charge in [-0.15, -0.1) is 0 Å². The first-order chi connectivity index (χ1) is 9.97. The molecule has 1 aromatic carbocycles. The van der Waals surface area contributed by atoms with Crippen molar-refractivity contribution in [3.05, 3.63) is 63.7 Å². The molecular formula is C14H10N2O5. The number of carbonyl (C=O) groups is 2. The lowest BCUT2D eigenvalue weighted by Gasteiger charge is -2.05. The third kappa shape index (κ3) is 3.47. The molecule has 0 radical (unpaired) electrons. The van der Waals surface area contributed by atoms with Crippen molar-refractivity contribution in [1.82, 2.24) is 0 Å². The zero-order chi connectivity index (χ0) is 15.4. The summed E-state index contributed by atoms with van der Waals surface area (Å²) in [6, 6.07) is 5.14. The van der Waals surface area contributed by atoms with Crippen LogP contribution in [-0.4, -0.2) is 22.4 Å². The summed E-state index contributed by atoms with van der Waals surface area (Å²) in [5.74, 6) is -0.985. The molecular weight excluding hydrogens is 276 g/mol. The predicted molar refractivity (Wildman–Crippen MR) is 73.9 cm³/mol. The zero-order valence-electron chi connectivity index (χ0n) is 11.0. The molecule has 1 aromatic rings. The first-order valence-electron chi connectivity index (χ1n) is 5.92. The SMILES string of the molecule is CC1=CC(=O)C=C/C1=N\OC(=O)c1cccc([N+](=O)[O-])c1. The molecule has 0 unspecified atom stereocenters. The zero-order valence-corrected chi connectivity index (χ0v) is 11.0. The quantitative estimate of drug-likeness (QED) is 0.367. The van der Waals surface area contributed by atoms with E-state index >= 15 is 0 Å². The normalized spacial score (nSPS) is 15.8. The maximum Gasteiger partial charge on any atom is 0.366 e. The molecule has 0 saturated heterocycles. The van der Waals surface area contributed by atoms with Gasteiger partial charge in [0.2, 0.25) is 0 Å². The van der Waals surface area contributed by atoms with Crippen molar-refractivity contribution in [3.63, 3.8) is 0 Å². The van der Waals surface area contributed by atoms with Crippen LogP contribution in [0.25, 0.3) is 0 Å². The van der Waals surface area contributed by atoms with E-state index < -0.39 is 10.9 Å². The van der Waals surface area contributed by atoms with Crippen LogP contribution < -0.4 is 0 Å². The highest BCUT2D eigenvalue weighted by molar-refractivity contribution is 6.19. The molecule has 0 amide bonds. The smallest absolute Gasteiger partial charge is 0.312 e. The van der Waals surface area contributed by atoms with Crippen molar-refractivity contribution in [3.8, 4) is 0 Å². The van der Waals surface area contributed by atoms with Gasteiger partial charge in [-0.3, -0.25) is 14.9 Å². The van der Waals surface area contributed by atoms with E-state index in [9.17, 15) is 19.7 Å². The van der Waals surface area contributed by atoms with Gasteiger partial charge in [0, 0.05) is 12.1 Å². The van der Waals surface area contributed by atoms with Crippen LogP contribution in [0.3, 0.4) is 0 Å². The Hall–Kier alpha value is -3.09. The van der Waals surface area contributed by atoms with E-state index in [0.29, 0.717) is 11.3 Å². The standard InChI is InChI=1S/C14H10N2O5/c1-9-7-12(17)5-6-13(9)15-21-14(18)10-3-2-4-11(8-10)16(19)20/h2-8H,1H3/b15-13+. The fourth-order valence-corrected chi connectivity index (χ4v) is 1.62. The van der Waals surface area contributed by atoms with E-state index in [1.54, 1.807) is 6.92 Å². The van der Waals surface area contributed by atoms with Gasteiger partial charge in [0.25, 0.3) is 5.69 Å². The molecule has 7 nitrogen and oxygen atoms in total. The number of benzene rings is 1. The van der Waals surface area contributed by atoms with Gasteiger partial charge >= 0.3 is 5.97 Å². The minimum absolute atomic E-state index is 0.0195. The molecule has 2 rings (SSSR count). The Bertz CT molecular complexity index is 716. The minimum Gasteiger partial charge on any atom is -0.312 e. The van der Waals surface area contributed by atoms with Crippen LogP contribution in [0, 0.1) is 10.1 Å². The Morgan fingerprint density at radius 1 is 1.33 bits per heavy atom. The van der Waals surface area contributed by atoms with Crippen LogP contribution in [0.2, 0.25) is 0 Å². The van der Waals surface area contributed by atoms with Crippen molar-refractivity contribution < 1.29 is 19.3 Å². The third-order valence-electron chi connectivity index (χ3n) is 2.69. The second kappa shape index (κ2) is 5.91. The second-order valence-corrected chi connectivity index (χ2v) is 4.23. The Kier molecular flexibility index (Phi) is 4.03. The fourth-order valence-electron chi connectivity index (χ4n) is 1.62. The van der Waals surface area contributed by atoms with Crippen molar-refractivity contribution in [1.29, 1.82) is 0 Å². The number of nitrogens with zero attached hydrogens (tertiary/aromatic N) is 2. The molecule has 0 atom stereocenters. The number of hydrogen-bond acceptors (Lipinski definition) is 6. The molecule has 0 fully saturated rings. The second-order valence-electron chi connectivity index (χ2n) is 4.23. The lowest BCUT2D eigenvalue weighted by molar-refractivity contribution is -0.384. The molecule has 0 aromatic heterocycles. The fraction of sp³-hybridized carbons (Fsp3) is 0.0714. The van der Waals surface area contributed by atoms with Crippen molar-refractivity contribution >= 4 is 23.2 Å². The van der Waals surface area contributed by atoms with E-state index in [0.717, 1.165) is 6.07 Å². The molecule has 0 bridgehead atoms. The van der Waals surface area contributed by atoms with E-state index in [-0.39, 0.29) is 17.0 Å². The van der Waals surface area contributed by atoms with Crippen LogP contribution in [-0.2, 0) is 9.63 Å². The maximum absolute atomic E-state index is 11.8. The Morgan fingerprint density at radius 3 is 2.76 bits per heavy atom. The number of carbonyl (C=O) groups excluding carboxylic acids is 2. The number of rotatable bonds is 3. The van der Waals surface area contributed by atoms with Gasteiger partial charge in [-0.1, -0.05) is 11.2 Å².